The van der Waals surface area contributed by atoms with Crippen LogP contribution in [0.4, 0.5) is 0 Å². The molecule has 0 atom stereocenters. The standard InChI is InChI=1S/C22H32N4O4/c1-17-19(5-15-29-17)21(27)23-7-3-9-25-11-13-26(14-12-25)10-4-8-24-22(28)20-6-16-30-18(20)2/h5-6,15-16H,3-4,7-14H2,1-2H3,(H,23,27)(H,24,28). The molecule has 1 fully saturated rings. The lowest BCUT2D eigenvalue weighted by Crippen LogP contribution is -2.47. The van der Waals surface area contributed by atoms with Crippen molar-refractivity contribution in [2.24, 2.45) is 0 Å². The highest BCUT2D eigenvalue weighted by Crippen LogP contribution is 2.09. The molecule has 8 nitrogen and oxygen atoms in total. The lowest BCUT2D eigenvalue weighted by atomic mass is 10.2. The summed E-state index contributed by atoms with van der Waals surface area (Å²) in [5.74, 6) is 1.17. The molecular weight excluding hydrogens is 384 g/mol. The molecule has 2 N–H and O–H groups in total. The van der Waals surface area contributed by atoms with Gasteiger partial charge in [0.15, 0.2) is 0 Å². The van der Waals surface area contributed by atoms with E-state index in [9.17, 15) is 9.59 Å². The zero-order valence-corrected chi connectivity index (χ0v) is 17.9. The second kappa shape index (κ2) is 11.0. The van der Waals surface area contributed by atoms with Gasteiger partial charge in [0, 0.05) is 39.3 Å². The number of furan rings is 2. The average Bonchev–Trinajstić information content (AvgIpc) is 3.37. The van der Waals surface area contributed by atoms with Crippen LogP contribution in [0, 0.1) is 13.8 Å². The van der Waals surface area contributed by atoms with Crippen molar-refractivity contribution >= 4 is 11.8 Å². The Labute approximate surface area is 177 Å². The minimum Gasteiger partial charge on any atom is -0.469 e. The van der Waals surface area contributed by atoms with E-state index in [0.29, 0.717) is 35.7 Å². The van der Waals surface area contributed by atoms with Gasteiger partial charge >= 0.3 is 0 Å². The molecular formula is C22H32N4O4. The summed E-state index contributed by atoms with van der Waals surface area (Å²) in [4.78, 5) is 29.0. The Kier molecular flexibility index (Phi) is 8.10. The summed E-state index contributed by atoms with van der Waals surface area (Å²) in [5.41, 5.74) is 1.22. The number of nitrogens with one attached hydrogen (secondary N) is 2. The average molecular weight is 417 g/mol. The van der Waals surface area contributed by atoms with E-state index in [1.807, 2.05) is 0 Å². The molecule has 2 aromatic rings. The molecule has 1 aliphatic rings. The van der Waals surface area contributed by atoms with Crippen LogP contribution in [0.1, 0.15) is 45.1 Å². The Morgan fingerprint density at radius 1 is 0.800 bits per heavy atom. The summed E-state index contributed by atoms with van der Waals surface area (Å²) in [6.07, 6.45) is 4.94. The number of piperazine rings is 1. The maximum Gasteiger partial charge on any atom is 0.254 e. The van der Waals surface area contributed by atoms with Crippen molar-refractivity contribution in [1.29, 1.82) is 0 Å². The molecule has 2 aromatic heterocycles. The zero-order chi connectivity index (χ0) is 21.3. The van der Waals surface area contributed by atoms with Gasteiger partial charge < -0.3 is 29.3 Å². The zero-order valence-electron chi connectivity index (χ0n) is 17.9. The number of nitrogens with zero attached hydrogens (tertiary/aromatic N) is 2. The quantitative estimate of drug-likeness (QED) is 0.576. The molecule has 8 heteroatoms. The smallest absolute Gasteiger partial charge is 0.254 e. The first kappa shape index (κ1) is 22.1. The molecule has 164 valence electrons. The summed E-state index contributed by atoms with van der Waals surface area (Å²) in [5, 5.41) is 5.91. The fourth-order valence-corrected chi connectivity index (χ4v) is 3.68. The van der Waals surface area contributed by atoms with Crippen molar-refractivity contribution in [2.75, 3.05) is 52.4 Å². The topological polar surface area (TPSA) is 91.0 Å². The molecule has 30 heavy (non-hydrogen) atoms. The van der Waals surface area contributed by atoms with E-state index in [2.05, 4.69) is 20.4 Å². The molecule has 0 bridgehead atoms. The van der Waals surface area contributed by atoms with Gasteiger partial charge in [-0.3, -0.25) is 9.59 Å². The number of amides is 2. The largest absolute Gasteiger partial charge is 0.469 e. The van der Waals surface area contributed by atoms with Gasteiger partial charge in [-0.1, -0.05) is 0 Å². The molecule has 3 rings (SSSR count). The normalized spacial score (nSPS) is 15.3. The van der Waals surface area contributed by atoms with Crippen LogP contribution in [0.2, 0.25) is 0 Å². The molecule has 0 saturated carbocycles. The van der Waals surface area contributed by atoms with E-state index >= 15 is 0 Å². The first-order valence-corrected chi connectivity index (χ1v) is 10.6. The van der Waals surface area contributed by atoms with Gasteiger partial charge in [0.2, 0.25) is 0 Å². The molecule has 2 amide bonds. The number of aryl methyl sites for hydroxylation is 2. The van der Waals surface area contributed by atoms with Crippen LogP contribution in [0.5, 0.6) is 0 Å². The highest BCUT2D eigenvalue weighted by molar-refractivity contribution is 5.95. The fraction of sp³-hybridized carbons (Fsp3) is 0.545. The van der Waals surface area contributed by atoms with Gasteiger partial charge in [0.25, 0.3) is 11.8 Å². The number of rotatable bonds is 10. The second-order valence-electron chi connectivity index (χ2n) is 7.68. The Balaban J connectivity index is 1.22. The van der Waals surface area contributed by atoms with Crippen LogP contribution in [-0.2, 0) is 0 Å². The van der Waals surface area contributed by atoms with Crippen LogP contribution in [0.3, 0.4) is 0 Å². The van der Waals surface area contributed by atoms with Gasteiger partial charge in [0.1, 0.15) is 11.5 Å². The summed E-state index contributed by atoms with van der Waals surface area (Å²) in [7, 11) is 0. The predicted molar refractivity (Wildman–Crippen MR) is 114 cm³/mol. The Morgan fingerprint density at radius 2 is 1.20 bits per heavy atom. The van der Waals surface area contributed by atoms with Gasteiger partial charge in [-0.2, -0.15) is 0 Å². The molecule has 0 aliphatic carbocycles. The third-order valence-electron chi connectivity index (χ3n) is 5.55. The number of hydrogen-bond donors (Lipinski definition) is 2. The SMILES string of the molecule is Cc1occc1C(=O)NCCCN1CCN(CCCNC(=O)c2ccoc2C)CC1. The first-order valence-electron chi connectivity index (χ1n) is 10.6. The van der Waals surface area contributed by atoms with Crippen molar-refractivity contribution < 1.29 is 18.4 Å². The van der Waals surface area contributed by atoms with E-state index in [1.165, 1.54) is 12.5 Å². The van der Waals surface area contributed by atoms with Crippen molar-refractivity contribution in [1.82, 2.24) is 20.4 Å². The summed E-state index contributed by atoms with van der Waals surface area (Å²) < 4.78 is 10.3. The summed E-state index contributed by atoms with van der Waals surface area (Å²) in [6.45, 7) is 11.0. The maximum atomic E-state index is 12.0. The fourth-order valence-electron chi connectivity index (χ4n) is 3.68. The van der Waals surface area contributed by atoms with Gasteiger partial charge in [0.05, 0.1) is 23.7 Å². The summed E-state index contributed by atoms with van der Waals surface area (Å²) in [6, 6.07) is 3.40. The second-order valence-corrected chi connectivity index (χ2v) is 7.68. The first-order chi connectivity index (χ1) is 14.5. The van der Waals surface area contributed by atoms with E-state index in [0.717, 1.165) is 52.1 Å². The highest BCUT2D eigenvalue weighted by atomic mass is 16.3. The molecule has 1 aliphatic heterocycles. The van der Waals surface area contributed by atoms with Crippen molar-refractivity contribution in [2.45, 2.75) is 26.7 Å². The molecule has 0 spiro atoms. The molecule has 0 unspecified atom stereocenters. The molecule has 0 aromatic carbocycles. The number of carbonyl (C=O) groups excluding carboxylic acids is 2. The monoisotopic (exact) mass is 416 g/mol. The van der Waals surface area contributed by atoms with E-state index < -0.39 is 0 Å². The van der Waals surface area contributed by atoms with E-state index in [-0.39, 0.29) is 11.8 Å². The third-order valence-corrected chi connectivity index (χ3v) is 5.55. The Bertz CT molecular complexity index is 752. The molecule has 1 saturated heterocycles. The van der Waals surface area contributed by atoms with Crippen LogP contribution in [-0.4, -0.2) is 74.0 Å². The molecule has 0 radical (unpaired) electrons. The lowest BCUT2D eigenvalue weighted by Gasteiger charge is -2.34. The highest BCUT2D eigenvalue weighted by Gasteiger charge is 2.17. The van der Waals surface area contributed by atoms with Gasteiger partial charge in [-0.05, 0) is 51.9 Å². The van der Waals surface area contributed by atoms with E-state index in [4.69, 9.17) is 8.83 Å². The van der Waals surface area contributed by atoms with Crippen molar-refractivity contribution in [3.63, 3.8) is 0 Å². The number of hydrogen-bond acceptors (Lipinski definition) is 6. The maximum absolute atomic E-state index is 12.0. The third kappa shape index (κ3) is 6.21. The number of carbonyl (C=O) groups is 2. The van der Waals surface area contributed by atoms with Crippen LogP contribution >= 0.6 is 0 Å². The van der Waals surface area contributed by atoms with E-state index in [1.54, 1.807) is 26.0 Å². The van der Waals surface area contributed by atoms with Crippen LogP contribution in [0.25, 0.3) is 0 Å². The van der Waals surface area contributed by atoms with Gasteiger partial charge in [-0.25, -0.2) is 0 Å². The van der Waals surface area contributed by atoms with Crippen LogP contribution in [0.15, 0.2) is 33.5 Å². The van der Waals surface area contributed by atoms with Crippen molar-refractivity contribution in [3.05, 3.63) is 47.3 Å². The minimum absolute atomic E-state index is 0.0684. The van der Waals surface area contributed by atoms with Crippen molar-refractivity contribution in [3.8, 4) is 0 Å². The summed E-state index contributed by atoms with van der Waals surface area (Å²) >= 11 is 0. The lowest BCUT2D eigenvalue weighted by molar-refractivity contribution is 0.0933. The van der Waals surface area contributed by atoms with Gasteiger partial charge in [-0.15, -0.1) is 0 Å². The minimum atomic E-state index is -0.0684. The Morgan fingerprint density at radius 3 is 1.53 bits per heavy atom. The Hall–Kier alpha value is -2.58. The molecule has 3 heterocycles. The predicted octanol–water partition coefficient (Wildman–Crippen LogP) is 2.05. The van der Waals surface area contributed by atoms with Crippen LogP contribution < -0.4 is 10.6 Å².